The van der Waals surface area contributed by atoms with Gasteiger partial charge in [-0.1, -0.05) is 12.8 Å². The zero-order valence-corrected chi connectivity index (χ0v) is 11.4. The molecule has 0 aromatic heterocycles. The number of nitrogens with zero attached hydrogens (tertiary/aromatic N) is 1. The molecule has 5 nitrogen and oxygen atoms in total. The lowest BCUT2D eigenvalue weighted by Gasteiger charge is -2.17. The molecule has 3 amide bonds. The number of likely N-dealkylation sites (tertiary alicyclic amines) is 1. The zero-order valence-electron chi connectivity index (χ0n) is 11.4. The number of amides is 3. The molecule has 3 aliphatic rings. The Morgan fingerprint density at radius 2 is 1.95 bits per heavy atom. The molecule has 19 heavy (non-hydrogen) atoms. The maximum absolute atomic E-state index is 11.8. The topological polar surface area (TPSA) is 61.4 Å². The normalized spacial score (nSPS) is 27.9. The highest BCUT2D eigenvalue weighted by molar-refractivity contribution is 5.79. The lowest BCUT2D eigenvalue weighted by molar-refractivity contribution is -0.128. The number of rotatable bonds is 4. The number of hydrogen-bond acceptors (Lipinski definition) is 2. The fourth-order valence-corrected chi connectivity index (χ4v) is 3.23. The molecule has 0 aromatic rings. The third-order valence-corrected chi connectivity index (χ3v) is 4.47. The van der Waals surface area contributed by atoms with Gasteiger partial charge in [-0.25, -0.2) is 4.79 Å². The van der Waals surface area contributed by atoms with Gasteiger partial charge in [-0.15, -0.1) is 0 Å². The molecule has 0 bridgehead atoms. The summed E-state index contributed by atoms with van der Waals surface area (Å²) < 4.78 is 0. The van der Waals surface area contributed by atoms with Crippen molar-refractivity contribution in [3.63, 3.8) is 0 Å². The van der Waals surface area contributed by atoms with E-state index in [-0.39, 0.29) is 11.9 Å². The van der Waals surface area contributed by atoms with Crippen LogP contribution in [-0.4, -0.2) is 42.0 Å². The highest BCUT2D eigenvalue weighted by Gasteiger charge is 2.39. The summed E-state index contributed by atoms with van der Waals surface area (Å²) in [6, 6.07) is 0.794. The van der Waals surface area contributed by atoms with Crippen molar-refractivity contribution in [1.82, 2.24) is 15.5 Å². The molecule has 1 unspecified atom stereocenters. The Balaban J connectivity index is 1.37. The fourth-order valence-electron chi connectivity index (χ4n) is 3.23. The zero-order chi connectivity index (χ0) is 13.2. The van der Waals surface area contributed by atoms with E-state index in [1.165, 1.54) is 12.8 Å². The predicted octanol–water partition coefficient (Wildman–Crippen LogP) is 1.24. The third kappa shape index (κ3) is 3.19. The van der Waals surface area contributed by atoms with Gasteiger partial charge in [0.05, 0.1) is 0 Å². The Labute approximate surface area is 114 Å². The van der Waals surface area contributed by atoms with Crippen LogP contribution in [0.3, 0.4) is 0 Å². The molecule has 2 saturated carbocycles. The molecule has 106 valence electrons. The molecular weight excluding hydrogens is 242 g/mol. The summed E-state index contributed by atoms with van der Waals surface area (Å²) in [7, 11) is 0. The van der Waals surface area contributed by atoms with Crippen molar-refractivity contribution in [2.75, 3.05) is 13.1 Å². The van der Waals surface area contributed by atoms with Crippen LogP contribution in [0, 0.1) is 5.92 Å². The largest absolute Gasteiger partial charge is 0.339 e. The van der Waals surface area contributed by atoms with Crippen LogP contribution >= 0.6 is 0 Å². The van der Waals surface area contributed by atoms with Gasteiger partial charge in [-0.2, -0.15) is 0 Å². The average Bonchev–Trinajstić information content (AvgIpc) is 2.97. The Kier molecular flexibility index (Phi) is 3.62. The Hall–Kier alpha value is -1.26. The van der Waals surface area contributed by atoms with Gasteiger partial charge in [-0.05, 0) is 25.7 Å². The molecule has 3 rings (SSSR count). The second-order valence-corrected chi connectivity index (χ2v) is 6.18. The number of hydrogen-bond donors (Lipinski definition) is 2. The Morgan fingerprint density at radius 3 is 2.63 bits per heavy atom. The first-order valence-corrected chi connectivity index (χ1v) is 7.56. The molecule has 1 saturated heterocycles. The van der Waals surface area contributed by atoms with Crippen molar-refractivity contribution in [3.05, 3.63) is 0 Å². The van der Waals surface area contributed by atoms with Gasteiger partial charge in [0.15, 0.2) is 0 Å². The van der Waals surface area contributed by atoms with Gasteiger partial charge in [-0.3, -0.25) is 4.79 Å². The van der Waals surface area contributed by atoms with Crippen molar-refractivity contribution < 1.29 is 9.59 Å². The van der Waals surface area contributed by atoms with E-state index in [0.717, 1.165) is 32.2 Å². The predicted molar refractivity (Wildman–Crippen MR) is 71.6 cm³/mol. The molecule has 0 radical (unpaired) electrons. The number of urea groups is 1. The van der Waals surface area contributed by atoms with E-state index in [0.29, 0.717) is 31.0 Å². The Morgan fingerprint density at radius 1 is 1.21 bits per heavy atom. The average molecular weight is 265 g/mol. The van der Waals surface area contributed by atoms with Crippen LogP contribution in [-0.2, 0) is 4.79 Å². The lowest BCUT2D eigenvalue weighted by Crippen LogP contribution is -2.43. The van der Waals surface area contributed by atoms with Crippen LogP contribution in [0.2, 0.25) is 0 Å². The standard InChI is InChI=1S/C14H23N3O2/c18-13-7-10(9-17(13)12-5-6-12)8-15-14(19)16-11-3-1-2-4-11/h10-12H,1-9H2,(H2,15,16,19). The first kappa shape index (κ1) is 12.8. The van der Waals surface area contributed by atoms with Crippen LogP contribution in [0.15, 0.2) is 0 Å². The monoisotopic (exact) mass is 265 g/mol. The SMILES string of the molecule is O=C(NCC1CC(=O)N(C2CC2)C1)NC1CCCC1. The number of carbonyl (C=O) groups excluding carboxylic acids is 2. The minimum Gasteiger partial charge on any atom is -0.339 e. The van der Waals surface area contributed by atoms with Gasteiger partial charge < -0.3 is 15.5 Å². The number of carbonyl (C=O) groups is 2. The molecule has 2 aliphatic carbocycles. The van der Waals surface area contributed by atoms with Crippen LogP contribution in [0.5, 0.6) is 0 Å². The van der Waals surface area contributed by atoms with Gasteiger partial charge in [0.25, 0.3) is 0 Å². The van der Waals surface area contributed by atoms with Crippen LogP contribution in [0.1, 0.15) is 44.9 Å². The van der Waals surface area contributed by atoms with Gasteiger partial charge in [0.2, 0.25) is 5.91 Å². The quantitative estimate of drug-likeness (QED) is 0.803. The maximum Gasteiger partial charge on any atom is 0.315 e. The van der Waals surface area contributed by atoms with E-state index in [2.05, 4.69) is 10.6 Å². The minimum atomic E-state index is -0.0655. The van der Waals surface area contributed by atoms with Crippen molar-refractivity contribution in [2.45, 2.75) is 57.0 Å². The molecule has 1 heterocycles. The molecule has 2 N–H and O–H groups in total. The fraction of sp³-hybridized carbons (Fsp3) is 0.857. The van der Waals surface area contributed by atoms with E-state index >= 15 is 0 Å². The summed E-state index contributed by atoms with van der Waals surface area (Å²) in [5, 5.41) is 5.93. The summed E-state index contributed by atoms with van der Waals surface area (Å²) in [4.78, 5) is 25.5. The van der Waals surface area contributed by atoms with E-state index in [1.54, 1.807) is 0 Å². The summed E-state index contributed by atoms with van der Waals surface area (Å²) in [6.45, 7) is 1.45. The summed E-state index contributed by atoms with van der Waals surface area (Å²) in [5.74, 6) is 0.563. The van der Waals surface area contributed by atoms with Crippen molar-refractivity contribution in [1.29, 1.82) is 0 Å². The van der Waals surface area contributed by atoms with Crippen molar-refractivity contribution in [3.8, 4) is 0 Å². The molecule has 5 heteroatoms. The Bertz CT molecular complexity index is 362. The summed E-state index contributed by atoms with van der Waals surface area (Å²) in [6.07, 6.45) is 7.56. The second kappa shape index (κ2) is 5.39. The van der Waals surface area contributed by atoms with E-state index in [9.17, 15) is 9.59 Å². The first-order valence-electron chi connectivity index (χ1n) is 7.56. The van der Waals surface area contributed by atoms with Crippen molar-refractivity contribution >= 4 is 11.9 Å². The van der Waals surface area contributed by atoms with E-state index in [1.807, 2.05) is 4.90 Å². The molecule has 3 fully saturated rings. The third-order valence-electron chi connectivity index (χ3n) is 4.47. The molecular formula is C14H23N3O2. The summed E-state index contributed by atoms with van der Waals surface area (Å²) in [5.41, 5.74) is 0. The molecule has 0 aromatic carbocycles. The minimum absolute atomic E-state index is 0.0655. The van der Waals surface area contributed by atoms with Gasteiger partial charge in [0, 0.05) is 37.5 Å². The van der Waals surface area contributed by atoms with E-state index in [4.69, 9.17) is 0 Å². The van der Waals surface area contributed by atoms with Gasteiger partial charge >= 0.3 is 6.03 Å². The lowest BCUT2D eigenvalue weighted by atomic mass is 10.1. The molecule has 0 spiro atoms. The highest BCUT2D eigenvalue weighted by Crippen LogP contribution is 2.32. The van der Waals surface area contributed by atoms with Crippen molar-refractivity contribution in [2.24, 2.45) is 5.92 Å². The van der Waals surface area contributed by atoms with E-state index < -0.39 is 0 Å². The highest BCUT2D eigenvalue weighted by atomic mass is 16.2. The maximum atomic E-state index is 11.8. The smallest absolute Gasteiger partial charge is 0.315 e. The molecule has 1 aliphatic heterocycles. The molecule has 1 atom stereocenters. The first-order chi connectivity index (χ1) is 9.22. The number of nitrogens with one attached hydrogen (secondary N) is 2. The van der Waals surface area contributed by atoms with Crippen LogP contribution in [0.25, 0.3) is 0 Å². The van der Waals surface area contributed by atoms with Crippen LogP contribution < -0.4 is 10.6 Å². The summed E-state index contributed by atoms with van der Waals surface area (Å²) >= 11 is 0. The van der Waals surface area contributed by atoms with Gasteiger partial charge in [0.1, 0.15) is 0 Å². The van der Waals surface area contributed by atoms with Crippen LogP contribution in [0.4, 0.5) is 4.79 Å². The second-order valence-electron chi connectivity index (χ2n) is 6.18.